The Balaban J connectivity index is 1.79. The van der Waals surface area contributed by atoms with E-state index in [0.29, 0.717) is 0 Å². The standard InChI is InChI=1S/C15H20O8S/c1-19-15-13(23-24(2,17)18)11(16)12-10(21-15)8-20-14(22-12)9-6-4-3-5-7-9/h3-7,10-16H,8H2,1-2H3/t10-,11-,12+,13+,14+,15-/m1/s1. The predicted octanol–water partition coefficient (Wildman–Crippen LogP) is 0.178. The molecule has 2 saturated heterocycles. The molecule has 1 N–H and O–H groups in total. The highest BCUT2D eigenvalue weighted by Crippen LogP contribution is 2.35. The molecule has 134 valence electrons. The Hall–Kier alpha value is -1.07. The van der Waals surface area contributed by atoms with Crippen molar-refractivity contribution in [1.82, 2.24) is 0 Å². The van der Waals surface area contributed by atoms with Gasteiger partial charge in [-0.05, 0) is 0 Å². The molecule has 0 aliphatic carbocycles. The van der Waals surface area contributed by atoms with E-state index in [1.807, 2.05) is 30.3 Å². The maximum absolute atomic E-state index is 11.4. The molecular formula is C15H20O8S. The number of hydrogen-bond donors (Lipinski definition) is 1. The van der Waals surface area contributed by atoms with Crippen molar-refractivity contribution in [2.75, 3.05) is 20.0 Å². The fourth-order valence-corrected chi connectivity index (χ4v) is 3.45. The van der Waals surface area contributed by atoms with Crippen LogP contribution < -0.4 is 0 Å². The summed E-state index contributed by atoms with van der Waals surface area (Å²) in [4.78, 5) is 0. The molecule has 0 aromatic heterocycles. The van der Waals surface area contributed by atoms with Crippen LogP contribution in [0.1, 0.15) is 11.9 Å². The summed E-state index contributed by atoms with van der Waals surface area (Å²) in [6.07, 6.45) is -4.69. The molecule has 0 unspecified atom stereocenters. The van der Waals surface area contributed by atoms with E-state index in [0.717, 1.165) is 11.8 Å². The quantitative estimate of drug-likeness (QED) is 0.759. The normalized spacial score (nSPS) is 37.0. The van der Waals surface area contributed by atoms with Crippen molar-refractivity contribution in [2.24, 2.45) is 0 Å². The van der Waals surface area contributed by atoms with Gasteiger partial charge in [0.15, 0.2) is 18.7 Å². The van der Waals surface area contributed by atoms with Crippen LogP contribution in [0.4, 0.5) is 0 Å². The van der Waals surface area contributed by atoms with E-state index in [2.05, 4.69) is 0 Å². The number of benzene rings is 1. The molecule has 0 saturated carbocycles. The zero-order valence-electron chi connectivity index (χ0n) is 13.3. The fraction of sp³-hybridized carbons (Fsp3) is 0.600. The first-order chi connectivity index (χ1) is 11.4. The van der Waals surface area contributed by atoms with Crippen LogP contribution in [-0.2, 0) is 33.2 Å². The average molecular weight is 360 g/mol. The summed E-state index contributed by atoms with van der Waals surface area (Å²) in [5.41, 5.74) is 0.789. The summed E-state index contributed by atoms with van der Waals surface area (Å²) in [5.74, 6) is 0. The van der Waals surface area contributed by atoms with Crippen molar-refractivity contribution in [1.29, 1.82) is 0 Å². The number of aliphatic hydroxyl groups excluding tert-OH is 1. The van der Waals surface area contributed by atoms with Gasteiger partial charge in [0, 0.05) is 12.7 Å². The topological polar surface area (TPSA) is 101 Å². The van der Waals surface area contributed by atoms with E-state index in [4.69, 9.17) is 23.1 Å². The van der Waals surface area contributed by atoms with Crippen LogP contribution in [0.25, 0.3) is 0 Å². The first-order valence-corrected chi connectivity index (χ1v) is 9.27. The number of rotatable bonds is 4. The molecule has 9 heteroatoms. The van der Waals surface area contributed by atoms with E-state index in [1.165, 1.54) is 7.11 Å². The maximum Gasteiger partial charge on any atom is 0.264 e. The van der Waals surface area contributed by atoms with Crippen molar-refractivity contribution < 1.29 is 36.7 Å². The monoisotopic (exact) mass is 360 g/mol. The third-order valence-corrected chi connectivity index (χ3v) is 4.47. The minimum atomic E-state index is -3.81. The van der Waals surface area contributed by atoms with Gasteiger partial charge in [0.25, 0.3) is 10.1 Å². The summed E-state index contributed by atoms with van der Waals surface area (Å²) in [7, 11) is -2.47. The van der Waals surface area contributed by atoms with Crippen molar-refractivity contribution in [3.63, 3.8) is 0 Å². The first kappa shape index (κ1) is 17.7. The summed E-state index contributed by atoms with van der Waals surface area (Å²) in [6, 6.07) is 9.23. The lowest BCUT2D eigenvalue weighted by Gasteiger charge is -2.46. The molecule has 0 amide bonds. The van der Waals surface area contributed by atoms with Crippen molar-refractivity contribution in [3.05, 3.63) is 35.9 Å². The molecule has 2 heterocycles. The summed E-state index contributed by atoms with van der Waals surface area (Å²) in [6.45, 7) is 0.173. The zero-order chi connectivity index (χ0) is 17.3. The molecule has 8 nitrogen and oxygen atoms in total. The Labute approximate surface area is 140 Å². The van der Waals surface area contributed by atoms with Gasteiger partial charge >= 0.3 is 0 Å². The number of fused-ring (bicyclic) bond motifs is 1. The molecule has 2 aliphatic heterocycles. The molecule has 24 heavy (non-hydrogen) atoms. The smallest absolute Gasteiger partial charge is 0.264 e. The van der Waals surface area contributed by atoms with Crippen LogP contribution in [0.5, 0.6) is 0 Å². The average Bonchev–Trinajstić information content (AvgIpc) is 2.56. The highest BCUT2D eigenvalue weighted by Gasteiger charge is 2.51. The summed E-state index contributed by atoms with van der Waals surface area (Å²) < 4.78 is 50.0. The van der Waals surface area contributed by atoms with Gasteiger partial charge < -0.3 is 24.1 Å². The highest BCUT2D eigenvalue weighted by molar-refractivity contribution is 7.86. The van der Waals surface area contributed by atoms with Gasteiger partial charge in [-0.15, -0.1) is 0 Å². The fourth-order valence-electron chi connectivity index (χ4n) is 2.84. The molecule has 2 fully saturated rings. The number of methoxy groups -OCH3 is 1. The second kappa shape index (κ2) is 7.04. The minimum absolute atomic E-state index is 0.173. The Kier molecular flexibility index (Phi) is 5.21. The van der Waals surface area contributed by atoms with E-state index < -0.39 is 47.1 Å². The van der Waals surface area contributed by atoms with E-state index in [9.17, 15) is 13.5 Å². The lowest BCUT2D eigenvalue weighted by Crippen LogP contribution is -2.63. The molecular weight excluding hydrogens is 340 g/mol. The van der Waals surface area contributed by atoms with Crippen LogP contribution in [0.2, 0.25) is 0 Å². The number of hydrogen-bond acceptors (Lipinski definition) is 8. The van der Waals surface area contributed by atoms with Crippen LogP contribution in [-0.4, -0.2) is 64.2 Å². The Morgan fingerprint density at radius 2 is 1.92 bits per heavy atom. The molecule has 3 rings (SSSR count). The van der Waals surface area contributed by atoms with Crippen molar-refractivity contribution >= 4 is 10.1 Å². The highest BCUT2D eigenvalue weighted by atomic mass is 32.2. The maximum atomic E-state index is 11.4. The lowest BCUT2D eigenvalue weighted by atomic mass is 9.98. The van der Waals surface area contributed by atoms with Gasteiger partial charge in [0.05, 0.1) is 12.9 Å². The third kappa shape index (κ3) is 3.77. The zero-order valence-corrected chi connectivity index (χ0v) is 14.1. The largest absolute Gasteiger partial charge is 0.387 e. The van der Waals surface area contributed by atoms with Crippen LogP contribution in [0.3, 0.4) is 0 Å². The van der Waals surface area contributed by atoms with Gasteiger partial charge in [0.1, 0.15) is 18.3 Å². The van der Waals surface area contributed by atoms with E-state index in [1.54, 1.807) is 0 Å². The summed E-state index contributed by atoms with van der Waals surface area (Å²) in [5, 5.41) is 10.6. The van der Waals surface area contributed by atoms with Crippen LogP contribution in [0.15, 0.2) is 30.3 Å². The van der Waals surface area contributed by atoms with Crippen LogP contribution in [0, 0.1) is 0 Å². The van der Waals surface area contributed by atoms with Gasteiger partial charge in [0.2, 0.25) is 0 Å². The SMILES string of the molecule is CO[C@@H]1O[C@@H]2CO[C@H](c3ccccc3)O[C@@H]2[C@@H](O)[C@@H]1OS(C)(=O)=O. The van der Waals surface area contributed by atoms with Crippen molar-refractivity contribution in [2.45, 2.75) is 37.0 Å². The van der Waals surface area contributed by atoms with E-state index >= 15 is 0 Å². The minimum Gasteiger partial charge on any atom is -0.387 e. The Morgan fingerprint density at radius 1 is 1.21 bits per heavy atom. The number of ether oxygens (including phenoxy) is 4. The molecule has 0 spiro atoms. The Morgan fingerprint density at radius 3 is 2.54 bits per heavy atom. The molecule has 0 radical (unpaired) electrons. The van der Waals surface area contributed by atoms with Gasteiger partial charge in [-0.3, -0.25) is 4.18 Å². The number of aliphatic hydroxyl groups is 1. The lowest BCUT2D eigenvalue weighted by molar-refractivity contribution is -0.354. The van der Waals surface area contributed by atoms with Crippen molar-refractivity contribution in [3.8, 4) is 0 Å². The molecule has 2 aliphatic rings. The third-order valence-electron chi connectivity index (χ3n) is 3.90. The van der Waals surface area contributed by atoms with Gasteiger partial charge in [-0.25, -0.2) is 0 Å². The van der Waals surface area contributed by atoms with Gasteiger partial charge in [-0.2, -0.15) is 8.42 Å². The second-order valence-electron chi connectivity index (χ2n) is 5.71. The molecule has 1 aromatic rings. The molecule has 1 aromatic carbocycles. The van der Waals surface area contributed by atoms with Crippen LogP contribution >= 0.6 is 0 Å². The van der Waals surface area contributed by atoms with Gasteiger partial charge in [-0.1, -0.05) is 30.3 Å². The second-order valence-corrected chi connectivity index (χ2v) is 7.31. The molecule has 0 bridgehead atoms. The molecule has 6 atom stereocenters. The predicted molar refractivity (Wildman–Crippen MR) is 81.4 cm³/mol. The first-order valence-electron chi connectivity index (χ1n) is 7.45. The summed E-state index contributed by atoms with van der Waals surface area (Å²) >= 11 is 0. The van der Waals surface area contributed by atoms with E-state index in [-0.39, 0.29) is 6.61 Å². The Bertz CT molecular complexity index is 649.